The molecule has 1 heterocycles. The molecule has 0 aromatic heterocycles. The molecule has 0 amide bonds. The van der Waals surface area contributed by atoms with E-state index in [9.17, 15) is 0 Å². The zero-order valence-electron chi connectivity index (χ0n) is 16.3. The molecule has 1 saturated carbocycles. The van der Waals surface area contributed by atoms with E-state index in [2.05, 4.69) is 66.4 Å². The Labute approximate surface area is 172 Å². The highest BCUT2D eigenvalue weighted by molar-refractivity contribution is 6.30. The Kier molecular flexibility index (Phi) is 4.47. The van der Waals surface area contributed by atoms with Gasteiger partial charge in [0, 0.05) is 29.2 Å². The molecule has 5 rings (SSSR count). The van der Waals surface area contributed by atoms with Crippen molar-refractivity contribution in [3.05, 3.63) is 71.2 Å². The van der Waals surface area contributed by atoms with E-state index in [1.54, 1.807) is 0 Å². The Morgan fingerprint density at radius 3 is 2.57 bits per heavy atom. The van der Waals surface area contributed by atoms with Crippen LogP contribution in [0, 0.1) is 0 Å². The molecule has 0 saturated heterocycles. The van der Waals surface area contributed by atoms with Crippen molar-refractivity contribution in [2.24, 2.45) is 0 Å². The fourth-order valence-corrected chi connectivity index (χ4v) is 5.33. The van der Waals surface area contributed by atoms with Gasteiger partial charge >= 0.3 is 0 Å². The predicted molar refractivity (Wildman–Crippen MR) is 118 cm³/mol. The lowest BCUT2D eigenvalue weighted by atomic mass is 9.84. The monoisotopic (exact) mass is 391 g/mol. The zero-order valence-corrected chi connectivity index (χ0v) is 17.1. The molecule has 1 aliphatic carbocycles. The lowest BCUT2D eigenvalue weighted by molar-refractivity contribution is 0.0413. The van der Waals surface area contributed by atoms with E-state index < -0.39 is 0 Å². The first-order valence-corrected chi connectivity index (χ1v) is 10.8. The summed E-state index contributed by atoms with van der Waals surface area (Å²) in [5.74, 6) is 1.02. The summed E-state index contributed by atoms with van der Waals surface area (Å²) >= 11 is 6.39. The van der Waals surface area contributed by atoms with E-state index in [-0.39, 0.29) is 11.6 Å². The number of nitrogens with zero attached hydrogens (tertiary/aromatic N) is 1. The summed E-state index contributed by atoms with van der Waals surface area (Å²) in [7, 11) is 0. The van der Waals surface area contributed by atoms with Gasteiger partial charge in [-0.15, -0.1) is 0 Å². The average molecular weight is 392 g/mol. The number of hydrogen-bond acceptors (Lipinski definition) is 2. The van der Waals surface area contributed by atoms with Gasteiger partial charge in [-0.2, -0.15) is 0 Å². The number of hydrogen-bond donors (Lipinski definition) is 0. The van der Waals surface area contributed by atoms with Gasteiger partial charge in [0.1, 0.15) is 11.4 Å². The Balaban J connectivity index is 1.60. The SMILES string of the molecule is CCN(c1ccc2ccccc2c1)C1CC2(CCCC2)Oc2ccc(Cl)cc21. The topological polar surface area (TPSA) is 12.5 Å². The lowest BCUT2D eigenvalue weighted by Gasteiger charge is -2.45. The smallest absolute Gasteiger partial charge is 0.125 e. The third kappa shape index (κ3) is 3.04. The van der Waals surface area contributed by atoms with Gasteiger partial charge in [-0.25, -0.2) is 0 Å². The van der Waals surface area contributed by atoms with Crippen molar-refractivity contribution in [2.45, 2.75) is 50.7 Å². The molecule has 1 aliphatic heterocycles. The van der Waals surface area contributed by atoms with Crippen LogP contribution in [-0.2, 0) is 0 Å². The zero-order chi connectivity index (χ0) is 19.1. The molecule has 1 atom stereocenters. The fraction of sp³-hybridized carbons (Fsp3) is 0.360. The number of anilines is 1. The van der Waals surface area contributed by atoms with E-state index in [0.29, 0.717) is 0 Å². The largest absolute Gasteiger partial charge is 0.487 e. The van der Waals surface area contributed by atoms with Crippen LogP contribution >= 0.6 is 11.6 Å². The van der Waals surface area contributed by atoms with Crippen molar-refractivity contribution in [1.29, 1.82) is 0 Å². The van der Waals surface area contributed by atoms with Gasteiger partial charge < -0.3 is 9.64 Å². The molecule has 1 unspecified atom stereocenters. The van der Waals surface area contributed by atoms with Crippen LogP contribution in [0.2, 0.25) is 5.02 Å². The molecule has 0 N–H and O–H groups in total. The molecular formula is C25H26ClNO. The number of halogens is 1. The Hall–Kier alpha value is -2.19. The Bertz CT molecular complexity index is 1010. The quantitative estimate of drug-likeness (QED) is 0.469. The molecule has 1 spiro atoms. The van der Waals surface area contributed by atoms with Gasteiger partial charge in [0.25, 0.3) is 0 Å². The number of ether oxygens (including phenoxy) is 1. The molecule has 0 radical (unpaired) electrons. The first-order valence-electron chi connectivity index (χ1n) is 10.4. The molecule has 3 aromatic rings. The highest BCUT2D eigenvalue weighted by Crippen LogP contribution is 2.50. The van der Waals surface area contributed by atoms with E-state index >= 15 is 0 Å². The number of rotatable bonds is 3. The summed E-state index contributed by atoms with van der Waals surface area (Å²) in [5.41, 5.74) is 2.47. The third-order valence-electron chi connectivity index (χ3n) is 6.52. The van der Waals surface area contributed by atoms with Crippen molar-refractivity contribution in [3.63, 3.8) is 0 Å². The second-order valence-corrected chi connectivity index (χ2v) is 8.65. The maximum absolute atomic E-state index is 6.58. The van der Waals surface area contributed by atoms with Crippen LogP contribution in [-0.4, -0.2) is 12.1 Å². The summed E-state index contributed by atoms with van der Waals surface area (Å²) in [5, 5.41) is 3.35. The summed E-state index contributed by atoms with van der Waals surface area (Å²) in [4.78, 5) is 2.53. The van der Waals surface area contributed by atoms with Crippen LogP contribution in [0.4, 0.5) is 5.69 Å². The van der Waals surface area contributed by atoms with Crippen molar-refractivity contribution >= 4 is 28.1 Å². The minimum atomic E-state index is -0.0181. The Morgan fingerprint density at radius 1 is 1.00 bits per heavy atom. The number of benzene rings is 3. The first-order chi connectivity index (χ1) is 13.7. The molecule has 28 heavy (non-hydrogen) atoms. The second-order valence-electron chi connectivity index (χ2n) is 8.21. The Morgan fingerprint density at radius 2 is 1.79 bits per heavy atom. The van der Waals surface area contributed by atoms with Crippen molar-refractivity contribution in [1.82, 2.24) is 0 Å². The minimum absolute atomic E-state index is 0.0181. The molecule has 1 fully saturated rings. The van der Waals surface area contributed by atoms with Gasteiger partial charge in [0.05, 0.1) is 6.04 Å². The maximum Gasteiger partial charge on any atom is 0.125 e. The normalized spacial score (nSPS) is 20.1. The van der Waals surface area contributed by atoms with E-state index in [1.807, 2.05) is 6.07 Å². The minimum Gasteiger partial charge on any atom is -0.487 e. The molecule has 2 nitrogen and oxygen atoms in total. The van der Waals surface area contributed by atoms with Crippen molar-refractivity contribution in [3.8, 4) is 5.75 Å². The second kappa shape index (κ2) is 7.00. The summed E-state index contributed by atoms with van der Waals surface area (Å²) in [6.45, 7) is 3.20. The van der Waals surface area contributed by atoms with Gasteiger partial charge in [0.2, 0.25) is 0 Å². The third-order valence-corrected chi connectivity index (χ3v) is 6.75. The van der Waals surface area contributed by atoms with Gasteiger partial charge in [-0.05, 0) is 73.7 Å². The molecule has 3 heteroatoms. The highest BCUT2D eigenvalue weighted by Gasteiger charge is 2.44. The van der Waals surface area contributed by atoms with Crippen LogP contribution in [0.5, 0.6) is 5.75 Å². The molecule has 2 aliphatic rings. The van der Waals surface area contributed by atoms with Gasteiger partial charge in [0.15, 0.2) is 0 Å². The molecule has 0 bridgehead atoms. The van der Waals surface area contributed by atoms with Crippen LogP contribution < -0.4 is 9.64 Å². The first kappa shape index (κ1) is 17.9. The average Bonchev–Trinajstić information content (AvgIpc) is 3.16. The van der Waals surface area contributed by atoms with Gasteiger partial charge in [-0.1, -0.05) is 41.9 Å². The summed E-state index contributed by atoms with van der Waals surface area (Å²) in [6.07, 6.45) is 5.86. The van der Waals surface area contributed by atoms with E-state index in [4.69, 9.17) is 16.3 Å². The predicted octanol–water partition coefficient (Wildman–Crippen LogP) is 7.16. The highest BCUT2D eigenvalue weighted by atomic mass is 35.5. The van der Waals surface area contributed by atoms with Crippen molar-refractivity contribution in [2.75, 3.05) is 11.4 Å². The van der Waals surface area contributed by atoms with Crippen LogP contribution in [0.25, 0.3) is 10.8 Å². The van der Waals surface area contributed by atoms with E-state index in [1.165, 1.54) is 34.9 Å². The summed E-state index contributed by atoms with van der Waals surface area (Å²) in [6, 6.07) is 21.8. The van der Waals surface area contributed by atoms with Crippen LogP contribution in [0.15, 0.2) is 60.7 Å². The summed E-state index contributed by atoms with van der Waals surface area (Å²) < 4.78 is 6.58. The fourth-order valence-electron chi connectivity index (χ4n) is 5.15. The lowest BCUT2D eigenvalue weighted by Crippen LogP contribution is -2.43. The molecular weight excluding hydrogens is 366 g/mol. The van der Waals surface area contributed by atoms with Crippen molar-refractivity contribution < 1.29 is 4.74 Å². The van der Waals surface area contributed by atoms with Crippen LogP contribution in [0.1, 0.15) is 50.6 Å². The number of fused-ring (bicyclic) bond motifs is 2. The van der Waals surface area contributed by atoms with E-state index in [0.717, 1.165) is 36.6 Å². The molecule has 3 aromatic carbocycles. The van der Waals surface area contributed by atoms with Gasteiger partial charge in [-0.3, -0.25) is 0 Å². The maximum atomic E-state index is 6.58. The standard InChI is InChI=1S/C25H26ClNO/c1-2-27(21-11-9-18-7-3-4-8-19(18)15-21)23-17-25(13-5-6-14-25)28-24-12-10-20(26)16-22(23)24/h3-4,7-12,15-16,23H,2,5-6,13-14,17H2,1H3. The molecule has 144 valence electrons. The van der Waals surface area contributed by atoms with Crippen LogP contribution in [0.3, 0.4) is 0 Å².